The Morgan fingerprint density at radius 2 is 2.29 bits per heavy atom. The lowest BCUT2D eigenvalue weighted by atomic mass is 10.1. The van der Waals surface area contributed by atoms with E-state index in [0.717, 1.165) is 12.1 Å². The molecule has 0 radical (unpaired) electrons. The van der Waals surface area contributed by atoms with Crippen LogP contribution in [0, 0.1) is 0 Å². The second-order valence-electron chi connectivity index (χ2n) is 4.86. The van der Waals surface area contributed by atoms with Gasteiger partial charge in [0.2, 0.25) is 5.91 Å². The molecule has 1 amide bonds. The van der Waals surface area contributed by atoms with E-state index in [-0.39, 0.29) is 11.9 Å². The molecule has 2 rings (SSSR count). The van der Waals surface area contributed by atoms with Crippen LogP contribution in [0.1, 0.15) is 12.0 Å². The maximum atomic E-state index is 12.0. The van der Waals surface area contributed by atoms with Crippen LogP contribution >= 0.6 is 0 Å². The molecule has 6 heteroatoms. The first kappa shape index (κ1) is 15.6. The third kappa shape index (κ3) is 4.34. The molecular formula is C15H22N2O4. The van der Waals surface area contributed by atoms with Crippen LogP contribution in [0.15, 0.2) is 18.2 Å². The molecule has 6 nitrogen and oxygen atoms in total. The first-order valence-electron chi connectivity index (χ1n) is 7.02. The molecule has 116 valence electrons. The Morgan fingerprint density at radius 1 is 1.43 bits per heavy atom. The van der Waals surface area contributed by atoms with E-state index in [9.17, 15) is 4.79 Å². The predicted octanol–water partition coefficient (Wildman–Crippen LogP) is 0.699. The summed E-state index contributed by atoms with van der Waals surface area (Å²) in [6, 6.07) is 5.70. The van der Waals surface area contributed by atoms with Crippen LogP contribution in [0.4, 0.5) is 0 Å². The summed E-state index contributed by atoms with van der Waals surface area (Å²) in [6.45, 7) is 2.49. The summed E-state index contributed by atoms with van der Waals surface area (Å²) in [5.41, 5.74) is 0.887. The Balaban J connectivity index is 1.88. The topological polar surface area (TPSA) is 68.8 Å². The lowest BCUT2D eigenvalue weighted by Crippen LogP contribution is -2.44. The molecule has 0 spiro atoms. The Morgan fingerprint density at radius 3 is 2.95 bits per heavy atom. The SMILES string of the molecule is COc1cccc(CNC(=O)CC2COCCN2)c1OC. The molecule has 0 aromatic heterocycles. The highest BCUT2D eigenvalue weighted by Gasteiger charge is 2.17. The largest absolute Gasteiger partial charge is 0.493 e. The number of hydrogen-bond acceptors (Lipinski definition) is 5. The average molecular weight is 294 g/mol. The lowest BCUT2D eigenvalue weighted by molar-refractivity contribution is -0.122. The molecule has 1 aromatic rings. The fraction of sp³-hybridized carbons (Fsp3) is 0.533. The minimum absolute atomic E-state index is 0.0112. The minimum Gasteiger partial charge on any atom is -0.493 e. The number of benzene rings is 1. The Labute approximate surface area is 124 Å². The summed E-state index contributed by atoms with van der Waals surface area (Å²) in [5, 5.41) is 6.16. The Bertz CT molecular complexity index is 473. The number of carbonyl (C=O) groups excluding carboxylic acids is 1. The molecule has 1 aromatic carbocycles. The van der Waals surface area contributed by atoms with Crippen molar-refractivity contribution in [2.24, 2.45) is 0 Å². The van der Waals surface area contributed by atoms with Gasteiger partial charge >= 0.3 is 0 Å². The van der Waals surface area contributed by atoms with Gasteiger partial charge in [-0.15, -0.1) is 0 Å². The molecule has 0 aliphatic carbocycles. The first-order valence-corrected chi connectivity index (χ1v) is 7.02. The third-order valence-electron chi connectivity index (χ3n) is 3.39. The van der Waals surface area contributed by atoms with E-state index in [1.54, 1.807) is 14.2 Å². The van der Waals surface area contributed by atoms with Crippen molar-refractivity contribution in [3.63, 3.8) is 0 Å². The number of methoxy groups -OCH3 is 2. The molecule has 0 saturated carbocycles. The number of nitrogens with one attached hydrogen (secondary N) is 2. The van der Waals surface area contributed by atoms with Crippen LogP contribution in [0.2, 0.25) is 0 Å². The number of carbonyl (C=O) groups is 1. The number of morpholine rings is 1. The molecule has 2 N–H and O–H groups in total. The van der Waals surface area contributed by atoms with Gasteiger partial charge in [-0.25, -0.2) is 0 Å². The van der Waals surface area contributed by atoms with E-state index in [1.807, 2.05) is 18.2 Å². The Hall–Kier alpha value is -1.79. The standard InChI is InChI=1S/C15H22N2O4/c1-19-13-5-3-4-11(15(13)20-2)9-17-14(18)8-12-10-21-7-6-16-12/h3-5,12,16H,6-10H2,1-2H3,(H,17,18). The predicted molar refractivity (Wildman–Crippen MR) is 78.6 cm³/mol. The molecular weight excluding hydrogens is 272 g/mol. The van der Waals surface area contributed by atoms with Gasteiger partial charge in [-0.2, -0.15) is 0 Å². The van der Waals surface area contributed by atoms with Crippen molar-refractivity contribution in [3.8, 4) is 11.5 Å². The van der Waals surface area contributed by atoms with Crippen LogP contribution in [-0.4, -0.2) is 45.9 Å². The van der Waals surface area contributed by atoms with Gasteiger partial charge in [-0.1, -0.05) is 12.1 Å². The zero-order valence-corrected chi connectivity index (χ0v) is 12.5. The summed E-state index contributed by atoms with van der Waals surface area (Å²) >= 11 is 0. The van der Waals surface area contributed by atoms with Crippen molar-refractivity contribution in [1.29, 1.82) is 0 Å². The summed E-state index contributed by atoms with van der Waals surface area (Å²) in [4.78, 5) is 12.0. The normalized spacial score (nSPS) is 18.1. The fourth-order valence-electron chi connectivity index (χ4n) is 2.33. The van der Waals surface area contributed by atoms with Crippen molar-refractivity contribution in [1.82, 2.24) is 10.6 Å². The number of ether oxygens (including phenoxy) is 3. The van der Waals surface area contributed by atoms with E-state index >= 15 is 0 Å². The summed E-state index contributed by atoms with van der Waals surface area (Å²) < 4.78 is 15.9. The summed E-state index contributed by atoms with van der Waals surface area (Å²) in [5.74, 6) is 1.30. The smallest absolute Gasteiger partial charge is 0.221 e. The van der Waals surface area contributed by atoms with Gasteiger partial charge < -0.3 is 24.8 Å². The van der Waals surface area contributed by atoms with E-state index in [1.165, 1.54) is 0 Å². The van der Waals surface area contributed by atoms with Gasteiger partial charge in [0.1, 0.15) is 0 Å². The van der Waals surface area contributed by atoms with Gasteiger partial charge in [0.05, 0.1) is 27.4 Å². The van der Waals surface area contributed by atoms with Crippen molar-refractivity contribution in [2.75, 3.05) is 34.0 Å². The molecule has 1 fully saturated rings. The zero-order chi connectivity index (χ0) is 15.1. The van der Waals surface area contributed by atoms with Crippen LogP contribution < -0.4 is 20.1 Å². The highest BCUT2D eigenvalue weighted by Crippen LogP contribution is 2.30. The second-order valence-corrected chi connectivity index (χ2v) is 4.86. The van der Waals surface area contributed by atoms with E-state index in [2.05, 4.69) is 10.6 Å². The number of para-hydroxylation sites is 1. The molecule has 21 heavy (non-hydrogen) atoms. The molecule has 1 aliphatic heterocycles. The van der Waals surface area contributed by atoms with Gasteiger partial charge in [0, 0.05) is 31.1 Å². The molecule has 1 unspecified atom stereocenters. The lowest BCUT2D eigenvalue weighted by Gasteiger charge is -2.23. The molecule has 1 aliphatic rings. The van der Waals surface area contributed by atoms with Crippen molar-refractivity contribution in [2.45, 2.75) is 19.0 Å². The molecule has 0 bridgehead atoms. The highest BCUT2D eigenvalue weighted by atomic mass is 16.5. The van der Waals surface area contributed by atoms with Gasteiger partial charge in [0.15, 0.2) is 11.5 Å². The van der Waals surface area contributed by atoms with Gasteiger partial charge in [-0.3, -0.25) is 4.79 Å². The van der Waals surface area contributed by atoms with Gasteiger partial charge in [-0.05, 0) is 6.07 Å². The molecule has 1 heterocycles. The quantitative estimate of drug-likeness (QED) is 0.808. The van der Waals surface area contributed by atoms with Crippen LogP contribution in [0.25, 0.3) is 0 Å². The monoisotopic (exact) mass is 294 g/mol. The summed E-state index contributed by atoms with van der Waals surface area (Å²) in [7, 11) is 3.18. The maximum absolute atomic E-state index is 12.0. The van der Waals surface area contributed by atoms with E-state index < -0.39 is 0 Å². The molecule has 1 atom stereocenters. The van der Waals surface area contributed by atoms with E-state index in [0.29, 0.717) is 37.7 Å². The highest BCUT2D eigenvalue weighted by molar-refractivity contribution is 5.76. The minimum atomic E-state index is -0.0112. The van der Waals surface area contributed by atoms with Gasteiger partial charge in [0.25, 0.3) is 0 Å². The van der Waals surface area contributed by atoms with Crippen molar-refractivity contribution < 1.29 is 19.0 Å². The van der Waals surface area contributed by atoms with Crippen LogP contribution in [0.5, 0.6) is 11.5 Å². The second kappa shape index (κ2) is 7.85. The van der Waals surface area contributed by atoms with Crippen LogP contribution in [0.3, 0.4) is 0 Å². The third-order valence-corrected chi connectivity index (χ3v) is 3.39. The summed E-state index contributed by atoms with van der Waals surface area (Å²) in [6.07, 6.45) is 0.409. The fourth-order valence-corrected chi connectivity index (χ4v) is 2.33. The average Bonchev–Trinajstić information content (AvgIpc) is 2.53. The first-order chi connectivity index (χ1) is 10.2. The number of rotatable bonds is 6. The number of amides is 1. The molecule has 1 saturated heterocycles. The van der Waals surface area contributed by atoms with Crippen molar-refractivity contribution in [3.05, 3.63) is 23.8 Å². The zero-order valence-electron chi connectivity index (χ0n) is 12.5. The van der Waals surface area contributed by atoms with Crippen LogP contribution in [-0.2, 0) is 16.1 Å². The van der Waals surface area contributed by atoms with Crippen molar-refractivity contribution >= 4 is 5.91 Å². The number of hydrogen-bond donors (Lipinski definition) is 2. The Kier molecular flexibility index (Phi) is 5.83. The maximum Gasteiger partial charge on any atom is 0.221 e. The van der Waals surface area contributed by atoms with E-state index in [4.69, 9.17) is 14.2 Å².